The maximum atomic E-state index is 14.0. The van der Waals surface area contributed by atoms with Gasteiger partial charge >= 0.3 is 0 Å². The van der Waals surface area contributed by atoms with Crippen molar-refractivity contribution < 1.29 is 18.7 Å². The number of amides is 2. The van der Waals surface area contributed by atoms with Crippen molar-refractivity contribution in [3.05, 3.63) is 64.8 Å². The van der Waals surface area contributed by atoms with Crippen LogP contribution in [0.15, 0.2) is 47.8 Å². The fourth-order valence-electron chi connectivity index (χ4n) is 2.94. The molecule has 3 aromatic rings. The number of rotatable bonds is 7. The van der Waals surface area contributed by atoms with Gasteiger partial charge in [-0.1, -0.05) is 31.5 Å². The Morgan fingerprint density at radius 2 is 1.84 bits per heavy atom. The molecule has 3 rings (SSSR count). The van der Waals surface area contributed by atoms with Crippen LogP contribution in [0.1, 0.15) is 29.8 Å². The minimum Gasteiger partial charge on any atom is -0.494 e. The van der Waals surface area contributed by atoms with E-state index >= 15 is 0 Å². The van der Waals surface area contributed by atoms with Gasteiger partial charge in [0, 0.05) is 16.5 Å². The second-order valence-corrected chi connectivity index (χ2v) is 8.30. The van der Waals surface area contributed by atoms with Crippen LogP contribution in [0.25, 0.3) is 11.3 Å². The number of ether oxygens (including phenoxy) is 1. The van der Waals surface area contributed by atoms with Crippen LogP contribution in [0.2, 0.25) is 0 Å². The Kier molecular flexibility index (Phi) is 7.02. The Bertz CT molecular complexity index is 1080. The summed E-state index contributed by atoms with van der Waals surface area (Å²) in [5, 5.41) is 7.64. The molecule has 8 heteroatoms. The van der Waals surface area contributed by atoms with Crippen LogP contribution in [0, 0.1) is 18.7 Å². The number of hydrogen-bond donors (Lipinski definition) is 2. The number of nitrogens with zero attached hydrogens (tertiary/aromatic N) is 1. The first-order chi connectivity index (χ1) is 14.8. The minimum atomic E-state index is -0.736. The van der Waals surface area contributed by atoms with Gasteiger partial charge in [-0.3, -0.25) is 9.59 Å². The van der Waals surface area contributed by atoms with E-state index in [1.54, 1.807) is 23.6 Å². The third-order valence-electron chi connectivity index (χ3n) is 4.73. The smallest absolute Gasteiger partial charge is 0.251 e. The van der Waals surface area contributed by atoms with E-state index in [2.05, 4.69) is 15.6 Å². The van der Waals surface area contributed by atoms with Crippen molar-refractivity contribution in [2.75, 3.05) is 12.4 Å². The highest BCUT2D eigenvalue weighted by Crippen LogP contribution is 2.28. The predicted molar refractivity (Wildman–Crippen MR) is 120 cm³/mol. The van der Waals surface area contributed by atoms with Crippen LogP contribution in [-0.4, -0.2) is 29.9 Å². The molecule has 0 aliphatic carbocycles. The Morgan fingerprint density at radius 1 is 1.13 bits per heavy atom. The molecule has 0 aliphatic rings. The zero-order valence-corrected chi connectivity index (χ0v) is 18.5. The van der Waals surface area contributed by atoms with Crippen molar-refractivity contribution in [3.63, 3.8) is 0 Å². The molecule has 0 spiro atoms. The molecule has 1 aromatic heterocycles. The average molecular weight is 442 g/mol. The third-order valence-corrected chi connectivity index (χ3v) is 5.49. The first-order valence-electron chi connectivity index (χ1n) is 9.76. The molecule has 162 valence electrons. The zero-order valence-electron chi connectivity index (χ0n) is 17.7. The summed E-state index contributed by atoms with van der Waals surface area (Å²) in [6.07, 6.45) is 0. The van der Waals surface area contributed by atoms with E-state index in [-0.39, 0.29) is 23.5 Å². The van der Waals surface area contributed by atoms with Gasteiger partial charge < -0.3 is 15.4 Å². The molecule has 1 unspecified atom stereocenters. The van der Waals surface area contributed by atoms with Gasteiger partial charge in [0.2, 0.25) is 5.91 Å². The van der Waals surface area contributed by atoms with Crippen molar-refractivity contribution in [2.45, 2.75) is 26.8 Å². The van der Waals surface area contributed by atoms with Crippen LogP contribution in [0.4, 0.5) is 9.52 Å². The van der Waals surface area contributed by atoms with Gasteiger partial charge in [-0.2, -0.15) is 0 Å². The predicted octanol–water partition coefficient (Wildman–Crippen LogP) is 4.66. The lowest BCUT2D eigenvalue weighted by atomic mass is 10.0. The Morgan fingerprint density at radius 3 is 2.45 bits per heavy atom. The van der Waals surface area contributed by atoms with Crippen molar-refractivity contribution in [1.29, 1.82) is 0 Å². The molecule has 6 nitrogen and oxygen atoms in total. The van der Waals surface area contributed by atoms with E-state index in [1.807, 2.05) is 32.9 Å². The van der Waals surface area contributed by atoms with Crippen LogP contribution in [0.5, 0.6) is 5.75 Å². The Labute approximate surface area is 184 Å². The number of carbonyl (C=O) groups is 2. The van der Waals surface area contributed by atoms with Gasteiger partial charge in [0.15, 0.2) is 16.7 Å². The van der Waals surface area contributed by atoms with Crippen LogP contribution in [0.3, 0.4) is 0 Å². The van der Waals surface area contributed by atoms with Gasteiger partial charge in [-0.15, -0.1) is 11.3 Å². The van der Waals surface area contributed by atoms with Crippen molar-refractivity contribution in [2.24, 2.45) is 5.92 Å². The summed E-state index contributed by atoms with van der Waals surface area (Å²) >= 11 is 1.23. The summed E-state index contributed by atoms with van der Waals surface area (Å²) in [6.45, 7) is 5.65. The molecule has 31 heavy (non-hydrogen) atoms. The van der Waals surface area contributed by atoms with E-state index < -0.39 is 11.9 Å². The van der Waals surface area contributed by atoms with Crippen LogP contribution in [-0.2, 0) is 4.79 Å². The number of thiazole rings is 1. The molecule has 0 saturated carbocycles. The van der Waals surface area contributed by atoms with E-state index in [4.69, 9.17) is 4.74 Å². The Hall–Kier alpha value is -3.26. The normalized spacial score (nSPS) is 11.8. The fraction of sp³-hybridized carbons (Fsp3) is 0.261. The molecule has 0 fully saturated rings. The summed E-state index contributed by atoms with van der Waals surface area (Å²) in [4.78, 5) is 29.7. The highest BCUT2D eigenvalue weighted by atomic mass is 32.1. The zero-order chi connectivity index (χ0) is 22.5. The van der Waals surface area contributed by atoms with E-state index in [0.717, 1.165) is 5.56 Å². The second-order valence-electron chi connectivity index (χ2n) is 7.44. The third kappa shape index (κ3) is 5.46. The molecule has 2 aromatic carbocycles. The number of methoxy groups -OCH3 is 1. The van der Waals surface area contributed by atoms with Gasteiger partial charge in [0.05, 0.1) is 12.8 Å². The quantitative estimate of drug-likeness (QED) is 0.559. The number of halogens is 1. The first kappa shape index (κ1) is 22.4. The minimum absolute atomic E-state index is 0.135. The van der Waals surface area contributed by atoms with Crippen molar-refractivity contribution >= 4 is 28.3 Å². The molecule has 2 amide bonds. The van der Waals surface area contributed by atoms with Gasteiger partial charge in [-0.25, -0.2) is 9.37 Å². The average Bonchev–Trinajstić information content (AvgIpc) is 3.20. The lowest BCUT2D eigenvalue weighted by molar-refractivity contribution is -0.118. The molecule has 2 N–H and O–H groups in total. The molecule has 1 heterocycles. The standard InChI is InChI=1S/C23H24FN3O3S/c1-13(2)20(26-21(28)15-7-5-14(3)6-8-15)22(29)27-23-25-18(12-31-23)16-9-10-19(30-4)17(24)11-16/h5-13,20H,1-4H3,(H,26,28)(H,25,27,29). The van der Waals surface area contributed by atoms with Crippen LogP contribution < -0.4 is 15.4 Å². The largest absolute Gasteiger partial charge is 0.494 e. The fourth-order valence-corrected chi connectivity index (χ4v) is 3.66. The van der Waals surface area contributed by atoms with E-state index in [0.29, 0.717) is 22.0 Å². The van der Waals surface area contributed by atoms with Crippen molar-refractivity contribution in [1.82, 2.24) is 10.3 Å². The summed E-state index contributed by atoms with van der Waals surface area (Å²) < 4.78 is 18.9. The molecule has 0 saturated heterocycles. The number of nitrogens with one attached hydrogen (secondary N) is 2. The summed E-state index contributed by atoms with van der Waals surface area (Å²) in [7, 11) is 1.40. The number of hydrogen-bond acceptors (Lipinski definition) is 5. The number of anilines is 1. The number of aryl methyl sites for hydroxylation is 1. The number of aromatic nitrogens is 1. The highest BCUT2D eigenvalue weighted by molar-refractivity contribution is 7.14. The molecule has 1 atom stereocenters. The van der Waals surface area contributed by atoms with Crippen LogP contribution >= 0.6 is 11.3 Å². The highest BCUT2D eigenvalue weighted by Gasteiger charge is 2.25. The topological polar surface area (TPSA) is 80.3 Å². The monoisotopic (exact) mass is 441 g/mol. The summed E-state index contributed by atoms with van der Waals surface area (Å²) in [5.41, 5.74) is 2.64. The molecular weight excluding hydrogens is 417 g/mol. The van der Waals surface area contributed by atoms with Gasteiger partial charge in [0.25, 0.3) is 5.91 Å². The number of benzene rings is 2. The lowest BCUT2D eigenvalue weighted by Crippen LogP contribution is -2.47. The summed E-state index contributed by atoms with van der Waals surface area (Å²) in [6, 6.07) is 11.0. The lowest BCUT2D eigenvalue weighted by Gasteiger charge is -2.21. The van der Waals surface area contributed by atoms with Gasteiger partial charge in [0.1, 0.15) is 6.04 Å². The maximum absolute atomic E-state index is 14.0. The van der Waals surface area contributed by atoms with Crippen molar-refractivity contribution in [3.8, 4) is 17.0 Å². The van der Waals surface area contributed by atoms with E-state index in [9.17, 15) is 14.0 Å². The maximum Gasteiger partial charge on any atom is 0.251 e. The second kappa shape index (κ2) is 9.70. The molecule has 0 bridgehead atoms. The Balaban J connectivity index is 1.70. The SMILES string of the molecule is COc1ccc(-c2csc(NC(=O)C(NC(=O)c3ccc(C)cc3)C(C)C)n2)cc1F. The number of carbonyl (C=O) groups excluding carboxylic acids is 2. The first-order valence-corrected chi connectivity index (χ1v) is 10.6. The van der Waals surface area contributed by atoms with E-state index in [1.165, 1.54) is 30.6 Å². The molecule has 0 aliphatic heterocycles. The summed E-state index contributed by atoms with van der Waals surface area (Å²) in [5.74, 6) is -1.15. The molecular formula is C23H24FN3O3S. The molecule has 0 radical (unpaired) electrons. The van der Waals surface area contributed by atoms with Gasteiger partial charge in [-0.05, 0) is 43.2 Å².